The van der Waals surface area contributed by atoms with E-state index in [-0.39, 0.29) is 12.5 Å². The van der Waals surface area contributed by atoms with Crippen LogP contribution in [0.2, 0.25) is 8.67 Å². The summed E-state index contributed by atoms with van der Waals surface area (Å²) in [5.74, 6) is 5.21. The maximum atomic E-state index is 11.9. The van der Waals surface area contributed by atoms with Crippen LogP contribution in [0, 0.1) is 11.8 Å². The van der Waals surface area contributed by atoms with Crippen LogP contribution in [-0.4, -0.2) is 17.4 Å². The van der Waals surface area contributed by atoms with Crippen molar-refractivity contribution in [1.29, 1.82) is 0 Å². The summed E-state index contributed by atoms with van der Waals surface area (Å²) in [6.07, 6.45) is 1.57. The number of thiophene rings is 1. The zero-order chi connectivity index (χ0) is 13.8. The number of nitrogens with two attached hydrogens (primary N) is 1. The van der Waals surface area contributed by atoms with E-state index in [1.54, 1.807) is 6.20 Å². The lowest BCUT2D eigenvalue weighted by Gasteiger charge is -1.98. The van der Waals surface area contributed by atoms with Gasteiger partial charge in [0.25, 0.3) is 5.91 Å². The van der Waals surface area contributed by atoms with E-state index in [4.69, 9.17) is 28.9 Å². The lowest BCUT2D eigenvalue weighted by atomic mass is 10.3. The highest BCUT2D eigenvalue weighted by molar-refractivity contribution is 7.20. The van der Waals surface area contributed by atoms with Gasteiger partial charge < -0.3 is 5.73 Å². The van der Waals surface area contributed by atoms with Crippen molar-refractivity contribution >= 4 is 56.9 Å². The Bertz CT molecular complexity index is 669. The molecule has 19 heavy (non-hydrogen) atoms. The molecule has 2 aromatic rings. The van der Waals surface area contributed by atoms with Gasteiger partial charge in [0.15, 0.2) is 5.13 Å². The Morgan fingerprint density at radius 1 is 1.47 bits per heavy atom. The summed E-state index contributed by atoms with van der Waals surface area (Å²) >= 11 is 14.1. The van der Waals surface area contributed by atoms with E-state index in [0.29, 0.717) is 19.4 Å². The molecule has 0 saturated carbocycles. The SMILES string of the molecule is NCC#Cc1cnc(NC(=O)c2cc(Cl)sc2Cl)s1. The number of hydrogen-bond donors (Lipinski definition) is 2. The lowest BCUT2D eigenvalue weighted by Crippen LogP contribution is -2.10. The summed E-state index contributed by atoms with van der Waals surface area (Å²) in [6.45, 7) is 0.280. The summed E-state index contributed by atoms with van der Waals surface area (Å²) in [7, 11) is 0. The standard InChI is InChI=1S/C11H7Cl2N3OS2/c12-8-4-7(9(13)19-8)10(17)16-11-15-5-6(18-11)2-1-3-14/h4-5H,3,14H2,(H,15,16,17). The largest absolute Gasteiger partial charge is 0.320 e. The van der Waals surface area contributed by atoms with E-state index in [1.165, 1.54) is 17.4 Å². The van der Waals surface area contributed by atoms with E-state index >= 15 is 0 Å². The first-order valence-electron chi connectivity index (χ1n) is 5.01. The number of anilines is 1. The van der Waals surface area contributed by atoms with Crippen LogP contribution in [0.25, 0.3) is 0 Å². The molecule has 8 heteroatoms. The first-order chi connectivity index (χ1) is 9.10. The van der Waals surface area contributed by atoms with Crippen LogP contribution in [0.3, 0.4) is 0 Å². The topological polar surface area (TPSA) is 68.0 Å². The number of halogens is 2. The van der Waals surface area contributed by atoms with Crippen LogP contribution in [0.5, 0.6) is 0 Å². The number of carbonyl (C=O) groups is 1. The maximum absolute atomic E-state index is 11.9. The molecule has 0 aromatic carbocycles. The zero-order valence-electron chi connectivity index (χ0n) is 9.37. The molecule has 0 aliphatic rings. The van der Waals surface area contributed by atoms with Crippen molar-refractivity contribution in [3.63, 3.8) is 0 Å². The maximum Gasteiger partial charge on any atom is 0.259 e. The number of carbonyl (C=O) groups excluding carboxylic acids is 1. The highest BCUT2D eigenvalue weighted by Gasteiger charge is 2.15. The van der Waals surface area contributed by atoms with Crippen LogP contribution in [0.1, 0.15) is 15.2 Å². The van der Waals surface area contributed by atoms with Crippen LogP contribution in [0.4, 0.5) is 5.13 Å². The van der Waals surface area contributed by atoms with E-state index in [2.05, 4.69) is 22.1 Å². The molecular weight excluding hydrogens is 325 g/mol. The quantitative estimate of drug-likeness (QED) is 0.831. The number of nitrogens with one attached hydrogen (secondary N) is 1. The molecule has 0 aliphatic heterocycles. The molecule has 0 fully saturated rings. The molecule has 2 rings (SSSR count). The highest BCUT2D eigenvalue weighted by Crippen LogP contribution is 2.31. The van der Waals surface area contributed by atoms with Gasteiger partial charge in [-0.3, -0.25) is 10.1 Å². The number of hydrogen-bond acceptors (Lipinski definition) is 5. The van der Waals surface area contributed by atoms with Gasteiger partial charge in [0, 0.05) is 0 Å². The molecule has 1 amide bonds. The van der Waals surface area contributed by atoms with Gasteiger partial charge in [0.05, 0.1) is 27.5 Å². The van der Waals surface area contributed by atoms with Gasteiger partial charge in [-0.25, -0.2) is 4.98 Å². The molecule has 98 valence electrons. The van der Waals surface area contributed by atoms with Crippen molar-refractivity contribution in [3.8, 4) is 11.8 Å². The summed E-state index contributed by atoms with van der Waals surface area (Å²) in [5.41, 5.74) is 5.61. The second-order valence-corrected chi connectivity index (χ2v) is 6.54. The first-order valence-corrected chi connectivity index (χ1v) is 7.40. The Hall–Kier alpha value is -1.10. The molecule has 4 nitrogen and oxygen atoms in total. The van der Waals surface area contributed by atoms with Gasteiger partial charge >= 0.3 is 0 Å². The Kier molecular flexibility index (Phi) is 4.80. The molecule has 2 aromatic heterocycles. The number of amides is 1. The first kappa shape index (κ1) is 14.3. The Morgan fingerprint density at radius 2 is 2.26 bits per heavy atom. The molecule has 0 aliphatic carbocycles. The van der Waals surface area contributed by atoms with Gasteiger partial charge in [0.1, 0.15) is 4.34 Å². The minimum atomic E-state index is -0.346. The summed E-state index contributed by atoms with van der Waals surface area (Å²) in [4.78, 5) is 16.7. The van der Waals surface area contributed by atoms with E-state index in [1.807, 2.05) is 0 Å². The predicted octanol–water partition coefficient (Wildman–Crippen LogP) is 3.07. The molecular formula is C11H7Cl2N3OS2. The molecule has 0 bridgehead atoms. The average molecular weight is 332 g/mol. The van der Waals surface area contributed by atoms with Gasteiger partial charge in [-0.1, -0.05) is 46.4 Å². The number of rotatable bonds is 2. The second kappa shape index (κ2) is 6.37. The van der Waals surface area contributed by atoms with Crippen LogP contribution >= 0.6 is 45.9 Å². The Balaban J connectivity index is 2.11. The van der Waals surface area contributed by atoms with Crippen LogP contribution in [0.15, 0.2) is 12.3 Å². The van der Waals surface area contributed by atoms with E-state index in [0.717, 1.165) is 16.2 Å². The van der Waals surface area contributed by atoms with Crippen LogP contribution < -0.4 is 11.1 Å². The fourth-order valence-electron chi connectivity index (χ4n) is 1.19. The van der Waals surface area contributed by atoms with Crippen molar-refractivity contribution in [2.24, 2.45) is 5.73 Å². The monoisotopic (exact) mass is 331 g/mol. The summed E-state index contributed by atoms with van der Waals surface area (Å²) < 4.78 is 0.811. The second-order valence-electron chi connectivity index (χ2n) is 3.23. The molecule has 0 saturated heterocycles. The number of nitrogens with zero attached hydrogens (tertiary/aromatic N) is 1. The molecule has 3 N–H and O–H groups in total. The van der Waals surface area contributed by atoms with Crippen molar-refractivity contribution in [1.82, 2.24) is 4.98 Å². The zero-order valence-corrected chi connectivity index (χ0v) is 12.5. The van der Waals surface area contributed by atoms with Gasteiger partial charge in [-0.05, 0) is 6.07 Å². The molecule has 0 atom stereocenters. The van der Waals surface area contributed by atoms with Crippen molar-refractivity contribution in [2.45, 2.75) is 0 Å². The van der Waals surface area contributed by atoms with Gasteiger partial charge in [-0.15, -0.1) is 11.3 Å². The normalized spacial score (nSPS) is 9.84. The minimum Gasteiger partial charge on any atom is -0.320 e. The summed E-state index contributed by atoms with van der Waals surface area (Å²) in [6, 6.07) is 1.52. The number of aromatic nitrogens is 1. The predicted molar refractivity (Wildman–Crippen MR) is 80.3 cm³/mol. The average Bonchev–Trinajstić information content (AvgIpc) is 2.93. The lowest BCUT2D eigenvalue weighted by molar-refractivity contribution is 0.102. The van der Waals surface area contributed by atoms with E-state index in [9.17, 15) is 4.79 Å². The Morgan fingerprint density at radius 3 is 2.89 bits per heavy atom. The van der Waals surface area contributed by atoms with Crippen molar-refractivity contribution in [2.75, 3.05) is 11.9 Å². The Labute approximate surface area is 127 Å². The summed E-state index contributed by atoms with van der Waals surface area (Å²) in [5, 5.41) is 3.09. The van der Waals surface area contributed by atoms with Crippen molar-refractivity contribution < 1.29 is 4.79 Å². The van der Waals surface area contributed by atoms with Crippen molar-refractivity contribution in [3.05, 3.63) is 31.4 Å². The van der Waals surface area contributed by atoms with Gasteiger partial charge in [0.2, 0.25) is 0 Å². The molecule has 0 unspecified atom stereocenters. The third kappa shape index (κ3) is 3.69. The molecule has 0 radical (unpaired) electrons. The third-order valence-electron chi connectivity index (χ3n) is 1.94. The third-order valence-corrected chi connectivity index (χ3v) is 4.26. The highest BCUT2D eigenvalue weighted by atomic mass is 35.5. The molecule has 0 spiro atoms. The smallest absolute Gasteiger partial charge is 0.259 e. The minimum absolute atomic E-state index is 0.280. The van der Waals surface area contributed by atoms with E-state index < -0.39 is 0 Å². The fourth-order valence-corrected chi connectivity index (χ4v) is 3.33. The fraction of sp³-hybridized carbons (Fsp3) is 0.0909. The number of thiazole rings is 1. The van der Waals surface area contributed by atoms with Gasteiger partial charge in [-0.2, -0.15) is 0 Å². The van der Waals surface area contributed by atoms with Crippen LogP contribution in [-0.2, 0) is 0 Å². The molecule has 2 heterocycles.